The normalized spacial score (nSPS) is 16.6. The summed E-state index contributed by atoms with van der Waals surface area (Å²) in [6, 6.07) is 3.38. The number of aromatic amines is 1. The molecule has 3 heterocycles. The van der Waals surface area contributed by atoms with Crippen molar-refractivity contribution < 1.29 is 9.53 Å². The second-order valence-electron chi connectivity index (χ2n) is 7.00. The highest BCUT2D eigenvalue weighted by molar-refractivity contribution is 6.29. The van der Waals surface area contributed by atoms with Crippen LogP contribution in [0.4, 0.5) is 4.79 Å². The number of nitrogens with one attached hydrogen (secondary N) is 1. The minimum absolute atomic E-state index is 0.0177. The van der Waals surface area contributed by atoms with Gasteiger partial charge in [0.05, 0.1) is 5.52 Å². The Balaban J connectivity index is 1.76. The highest BCUT2D eigenvalue weighted by Gasteiger charge is 2.29. The van der Waals surface area contributed by atoms with Crippen LogP contribution < -0.4 is 5.69 Å². The van der Waals surface area contributed by atoms with E-state index in [0.717, 1.165) is 0 Å². The molecule has 0 aromatic carbocycles. The Hall–Kier alpha value is -2.02. The molecule has 0 atom stereocenters. The molecule has 130 valence electrons. The van der Waals surface area contributed by atoms with E-state index < -0.39 is 5.60 Å². The van der Waals surface area contributed by atoms with Crippen LogP contribution in [0.5, 0.6) is 0 Å². The fourth-order valence-electron chi connectivity index (χ4n) is 2.95. The number of nitrogens with zero attached hydrogens (tertiary/aromatic N) is 3. The summed E-state index contributed by atoms with van der Waals surface area (Å²) in [5, 5.41) is 0.349. The van der Waals surface area contributed by atoms with Crippen molar-refractivity contribution in [2.75, 3.05) is 13.1 Å². The molecule has 0 unspecified atom stereocenters. The van der Waals surface area contributed by atoms with Crippen molar-refractivity contribution in [1.82, 2.24) is 19.4 Å². The van der Waals surface area contributed by atoms with Gasteiger partial charge in [0.15, 0.2) is 5.65 Å². The first kappa shape index (κ1) is 16.8. The fourth-order valence-corrected chi connectivity index (χ4v) is 3.09. The Kier molecular flexibility index (Phi) is 4.29. The van der Waals surface area contributed by atoms with Crippen molar-refractivity contribution in [1.29, 1.82) is 0 Å². The summed E-state index contributed by atoms with van der Waals surface area (Å²) in [4.78, 5) is 33.1. The van der Waals surface area contributed by atoms with Crippen molar-refractivity contribution >= 4 is 28.9 Å². The lowest BCUT2D eigenvalue weighted by molar-refractivity contribution is 0.0189. The zero-order valence-electron chi connectivity index (χ0n) is 14.0. The van der Waals surface area contributed by atoms with Crippen LogP contribution in [-0.4, -0.2) is 44.2 Å². The minimum Gasteiger partial charge on any atom is -0.444 e. The third kappa shape index (κ3) is 3.40. The van der Waals surface area contributed by atoms with Crippen molar-refractivity contribution in [3.05, 3.63) is 27.8 Å². The molecular formula is C16H21ClN4O3. The first-order valence-electron chi connectivity index (χ1n) is 7.99. The van der Waals surface area contributed by atoms with E-state index in [1.165, 1.54) is 0 Å². The molecule has 1 aliphatic rings. The Bertz CT molecular complexity index is 813. The summed E-state index contributed by atoms with van der Waals surface area (Å²) in [5.41, 5.74) is 0.514. The molecule has 0 radical (unpaired) electrons. The average Bonchev–Trinajstić information content (AvgIpc) is 2.81. The van der Waals surface area contributed by atoms with E-state index in [4.69, 9.17) is 16.3 Å². The molecule has 1 aliphatic heterocycles. The second kappa shape index (κ2) is 6.12. The predicted octanol–water partition coefficient (Wildman–Crippen LogP) is 2.95. The number of aromatic nitrogens is 3. The van der Waals surface area contributed by atoms with Crippen LogP contribution in [0, 0.1) is 0 Å². The second-order valence-corrected chi connectivity index (χ2v) is 7.39. The van der Waals surface area contributed by atoms with E-state index in [-0.39, 0.29) is 17.8 Å². The number of hydrogen-bond acceptors (Lipinski definition) is 4. The number of fused-ring (bicyclic) bond motifs is 1. The van der Waals surface area contributed by atoms with E-state index in [9.17, 15) is 9.59 Å². The van der Waals surface area contributed by atoms with Gasteiger partial charge in [-0.1, -0.05) is 11.6 Å². The number of rotatable bonds is 1. The van der Waals surface area contributed by atoms with Gasteiger partial charge < -0.3 is 14.6 Å². The summed E-state index contributed by atoms with van der Waals surface area (Å²) >= 11 is 5.96. The monoisotopic (exact) mass is 352 g/mol. The van der Waals surface area contributed by atoms with Crippen LogP contribution in [0.1, 0.15) is 39.7 Å². The third-order valence-corrected chi connectivity index (χ3v) is 4.22. The first-order chi connectivity index (χ1) is 11.2. The quantitative estimate of drug-likeness (QED) is 0.800. The van der Waals surface area contributed by atoms with Crippen molar-refractivity contribution in [2.24, 2.45) is 0 Å². The van der Waals surface area contributed by atoms with Gasteiger partial charge in [0, 0.05) is 19.1 Å². The number of imidazole rings is 1. The highest BCUT2D eigenvalue weighted by atomic mass is 35.5. The predicted molar refractivity (Wildman–Crippen MR) is 91.4 cm³/mol. The molecule has 2 aromatic rings. The number of carbonyl (C=O) groups is 1. The standard InChI is InChI=1S/C16H21ClN4O3/c1-16(2,3)24-15(23)20-8-6-10(7-9-20)21-13-11(18-14(21)22)4-5-12(17)19-13/h4-5,10H,6-9H2,1-3H3,(H,18,22). The molecule has 1 fully saturated rings. The van der Waals surface area contributed by atoms with Gasteiger partial charge in [-0.25, -0.2) is 14.6 Å². The number of likely N-dealkylation sites (tertiary alicyclic amines) is 1. The van der Waals surface area contributed by atoms with Gasteiger partial charge in [0.25, 0.3) is 0 Å². The molecule has 2 aromatic heterocycles. The number of piperidine rings is 1. The van der Waals surface area contributed by atoms with Crippen LogP contribution in [-0.2, 0) is 4.74 Å². The van der Waals surface area contributed by atoms with Gasteiger partial charge >= 0.3 is 11.8 Å². The number of pyridine rings is 1. The van der Waals surface area contributed by atoms with Gasteiger partial charge in [-0.15, -0.1) is 0 Å². The summed E-state index contributed by atoms with van der Waals surface area (Å²) < 4.78 is 7.04. The van der Waals surface area contributed by atoms with Crippen molar-refractivity contribution in [3.8, 4) is 0 Å². The van der Waals surface area contributed by atoms with E-state index >= 15 is 0 Å². The smallest absolute Gasteiger partial charge is 0.410 e. The third-order valence-electron chi connectivity index (χ3n) is 4.01. The number of carbonyl (C=O) groups excluding carboxylic acids is 1. The Morgan fingerprint density at radius 2 is 2.00 bits per heavy atom. The van der Waals surface area contributed by atoms with Gasteiger partial charge in [-0.3, -0.25) is 4.57 Å². The molecule has 1 N–H and O–H groups in total. The molecule has 0 saturated carbocycles. The maximum absolute atomic E-state index is 12.3. The number of H-pyrrole nitrogens is 1. The van der Waals surface area contributed by atoms with Gasteiger partial charge in [-0.05, 0) is 45.7 Å². The number of ether oxygens (including phenoxy) is 1. The van der Waals surface area contributed by atoms with Crippen molar-refractivity contribution in [3.63, 3.8) is 0 Å². The zero-order chi connectivity index (χ0) is 17.5. The van der Waals surface area contributed by atoms with Crippen LogP contribution in [0.25, 0.3) is 11.2 Å². The lowest BCUT2D eigenvalue weighted by Crippen LogP contribution is -2.43. The van der Waals surface area contributed by atoms with E-state index in [1.54, 1.807) is 21.6 Å². The van der Waals surface area contributed by atoms with Crippen LogP contribution in [0.15, 0.2) is 16.9 Å². The number of amides is 1. The fraction of sp³-hybridized carbons (Fsp3) is 0.562. The van der Waals surface area contributed by atoms with E-state index in [1.807, 2.05) is 20.8 Å². The molecule has 8 heteroatoms. The molecule has 3 rings (SSSR count). The molecule has 24 heavy (non-hydrogen) atoms. The summed E-state index contributed by atoms with van der Waals surface area (Å²) in [7, 11) is 0. The van der Waals surface area contributed by atoms with Crippen molar-refractivity contribution in [2.45, 2.75) is 45.3 Å². The molecule has 0 bridgehead atoms. The molecule has 1 saturated heterocycles. The summed E-state index contributed by atoms with van der Waals surface area (Å²) in [6.07, 6.45) is 1.02. The van der Waals surface area contributed by atoms with Gasteiger partial charge in [0.2, 0.25) is 0 Å². The largest absolute Gasteiger partial charge is 0.444 e. The number of halogens is 1. The number of hydrogen-bond donors (Lipinski definition) is 1. The SMILES string of the molecule is CC(C)(C)OC(=O)N1CCC(n2c(=O)[nH]c3ccc(Cl)nc32)CC1. The molecule has 7 nitrogen and oxygen atoms in total. The van der Waals surface area contributed by atoms with Crippen LogP contribution in [0.2, 0.25) is 5.15 Å². The summed E-state index contributed by atoms with van der Waals surface area (Å²) in [6.45, 7) is 6.62. The average molecular weight is 353 g/mol. The first-order valence-corrected chi connectivity index (χ1v) is 8.37. The summed E-state index contributed by atoms with van der Waals surface area (Å²) in [5.74, 6) is 0. The molecular weight excluding hydrogens is 332 g/mol. The Labute approximate surface area is 144 Å². The molecule has 0 aliphatic carbocycles. The lowest BCUT2D eigenvalue weighted by Gasteiger charge is -2.33. The Morgan fingerprint density at radius 3 is 2.62 bits per heavy atom. The van der Waals surface area contributed by atoms with Gasteiger partial charge in [-0.2, -0.15) is 0 Å². The highest BCUT2D eigenvalue weighted by Crippen LogP contribution is 2.25. The maximum Gasteiger partial charge on any atom is 0.410 e. The topological polar surface area (TPSA) is 80.2 Å². The zero-order valence-corrected chi connectivity index (χ0v) is 14.8. The molecule has 1 amide bonds. The lowest BCUT2D eigenvalue weighted by atomic mass is 10.1. The van der Waals surface area contributed by atoms with E-state index in [0.29, 0.717) is 42.2 Å². The molecule has 0 spiro atoms. The van der Waals surface area contributed by atoms with E-state index in [2.05, 4.69) is 9.97 Å². The van der Waals surface area contributed by atoms with Crippen LogP contribution >= 0.6 is 11.6 Å². The maximum atomic E-state index is 12.3. The van der Waals surface area contributed by atoms with Crippen LogP contribution in [0.3, 0.4) is 0 Å². The Morgan fingerprint density at radius 1 is 1.33 bits per heavy atom. The van der Waals surface area contributed by atoms with Gasteiger partial charge in [0.1, 0.15) is 10.8 Å². The minimum atomic E-state index is -0.512.